The van der Waals surface area contributed by atoms with Crippen LogP contribution in [0.2, 0.25) is 0 Å². The SMILES string of the molecule is c1ccc(-c2nc(-c3cccc4c3sc3ccccc34)nc(-c3cccc4sc5cccc(-c6cccc(-c7nc8ccccc8s7)c6)c5c34)n2)cc1. The minimum absolute atomic E-state index is 0.656. The lowest BCUT2D eigenvalue weighted by molar-refractivity contribution is 1.08. The quantitative estimate of drug-likeness (QED) is 0.177. The fraction of sp³-hybridized carbons (Fsp3) is 0. The van der Waals surface area contributed by atoms with Crippen molar-refractivity contribution >= 4 is 84.6 Å². The van der Waals surface area contributed by atoms with Crippen LogP contribution in [-0.4, -0.2) is 19.9 Å². The minimum atomic E-state index is 0.656. The number of rotatable bonds is 5. The molecule has 0 spiro atoms. The van der Waals surface area contributed by atoms with Crippen molar-refractivity contribution < 1.29 is 0 Å². The van der Waals surface area contributed by atoms with Crippen LogP contribution < -0.4 is 0 Å². The van der Waals surface area contributed by atoms with Crippen molar-refractivity contribution in [3.05, 3.63) is 158 Å². The Hall–Kier alpha value is -6.12. The number of thiophene rings is 2. The molecule has 4 aromatic heterocycles. The Morgan fingerprint density at radius 3 is 1.77 bits per heavy atom. The fourth-order valence-electron chi connectivity index (χ4n) is 7.37. The van der Waals surface area contributed by atoms with Crippen LogP contribution in [0.15, 0.2) is 158 Å². The van der Waals surface area contributed by atoms with Gasteiger partial charge in [0.15, 0.2) is 17.5 Å². The molecule has 7 heteroatoms. The van der Waals surface area contributed by atoms with Crippen LogP contribution >= 0.6 is 34.0 Å². The van der Waals surface area contributed by atoms with Gasteiger partial charge in [0.05, 0.1) is 10.2 Å². The molecule has 0 radical (unpaired) electrons. The largest absolute Gasteiger partial charge is 0.236 e. The summed E-state index contributed by atoms with van der Waals surface area (Å²) < 4.78 is 6.05. The predicted octanol–water partition coefficient (Wildman–Crippen LogP) is 13.6. The Morgan fingerprint density at radius 2 is 0.925 bits per heavy atom. The van der Waals surface area contributed by atoms with E-state index in [2.05, 4.69) is 133 Å². The zero-order valence-corrected chi connectivity index (χ0v) is 30.5. The third-order valence-electron chi connectivity index (χ3n) is 9.79. The van der Waals surface area contributed by atoms with E-state index in [0.717, 1.165) is 43.7 Å². The van der Waals surface area contributed by atoms with Gasteiger partial charge in [0.1, 0.15) is 5.01 Å². The van der Waals surface area contributed by atoms with Gasteiger partial charge < -0.3 is 0 Å². The van der Waals surface area contributed by atoms with Gasteiger partial charge in [0.2, 0.25) is 0 Å². The Labute approximate surface area is 316 Å². The second kappa shape index (κ2) is 12.2. The first-order chi connectivity index (χ1) is 26.2. The van der Waals surface area contributed by atoms with Gasteiger partial charge in [0, 0.05) is 62.6 Å². The van der Waals surface area contributed by atoms with Gasteiger partial charge >= 0.3 is 0 Å². The highest BCUT2D eigenvalue weighted by Crippen LogP contribution is 2.45. The van der Waals surface area contributed by atoms with Crippen LogP contribution in [0.5, 0.6) is 0 Å². The topological polar surface area (TPSA) is 51.6 Å². The van der Waals surface area contributed by atoms with Crippen LogP contribution in [0, 0.1) is 0 Å². The second-order valence-electron chi connectivity index (χ2n) is 13.0. The molecule has 7 aromatic carbocycles. The van der Waals surface area contributed by atoms with Gasteiger partial charge in [-0.1, -0.05) is 115 Å². The summed E-state index contributed by atoms with van der Waals surface area (Å²) in [4.78, 5) is 20.7. The zero-order valence-electron chi connectivity index (χ0n) is 28.0. The molecule has 4 nitrogen and oxygen atoms in total. The highest BCUT2D eigenvalue weighted by atomic mass is 32.1. The molecule has 0 aliphatic heterocycles. The number of fused-ring (bicyclic) bond motifs is 7. The van der Waals surface area contributed by atoms with E-state index in [1.807, 2.05) is 35.6 Å². The molecule has 11 rings (SSSR count). The number of thiazole rings is 1. The maximum Gasteiger partial charge on any atom is 0.165 e. The maximum absolute atomic E-state index is 5.32. The molecule has 0 atom stereocenters. The molecule has 0 N–H and O–H groups in total. The lowest BCUT2D eigenvalue weighted by Crippen LogP contribution is -2.00. The fourth-order valence-corrected chi connectivity index (χ4v) is 10.7. The molecule has 0 unspecified atom stereocenters. The monoisotopic (exact) mass is 730 g/mol. The molecule has 248 valence electrons. The summed E-state index contributed by atoms with van der Waals surface area (Å²) in [5.41, 5.74) is 7.44. The minimum Gasteiger partial charge on any atom is -0.236 e. The standard InChI is InChI=1S/C46H26N4S3/c1-2-12-27(13-3-1)43-48-44(50-45(49-43)34-20-9-18-32-31-16-4-6-22-36(31)52-42(32)34)33-19-11-25-39-41(33)40-30(17-10-24-38(40)51-39)28-14-8-15-29(26-28)46-47-35-21-5-7-23-37(35)53-46/h1-26H. The van der Waals surface area contributed by atoms with Gasteiger partial charge in [-0.15, -0.1) is 34.0 Å². The predicted molar refractivity (Wildman–Crippen MR) is 226 cm³/mol. The molecule has 0 fully saturated rings. The van der Waals surface area contributed by atoms with Gasteiger partial charge in [0.25, 0.3) is 0 Å². The number of hydrogen-bond donors (Lipinski definition) is 0. The van der Waals surface area contributed by atoms with Crippen LogP contribution in [0.1, 0.15) is 0 Å². The van der Waals surface area contributed by atoms with E-state index in [-0.39, 0.29) is 0 Å². The van der Waals surface area contributed by atoms with Gasteiger partial charge in [-0.3, -0.25) is 0 Å². The maximum atomic E-state index is 5.32. The number of hydrogen-bond acceptors (Lipinski definition) is 7. The average molecular weight is 731 g/mol. The first kappa shape index (κ1) is 30.5. The molecule has 0 amide bonds. The van der Waals surface area contributed by atoms with Crippen molar-refractivity contribution in [1.82, 2.24) is 19.9 Å². The van der Waals surface area contributed by atoms with E-state index in [4.69, 9.17) is 19.9 Å². The molecule has 0 bridgehead atoms. The molecule has 0 aliphatic carbocycles. The Bertz CT molecular complexity index is 3160. The molecule has 11 aromatic rings. The van der Waals surface area contributed by atoms with E-state index in [1.165, 1.54) is 45.2 Å². The smallest absolute Gasteiger partial charge is 0.165 e. The molecule has 0 saturated heterocycles. The van der Waals surface area contributed by atoms with Crippen molar-refractivity contribution in [3.63, 3.8) is 0 Å². The van der Waals surface area contributed by atoms with E-state index in [9.17, 15) is 0 Å². The highest BCUT2D eigenvalue weighted by molar-refractivity contribution is 7.26. The Kier molecular flexibility index (Phi) is 7.05. The summed E-state index contributed by atoms with van der Waals surface area (Å²) in [5.74, 6) is 1.99. The van der Waals surface area contributed by atoms with E-state index >= 15 is 0 Å². The van der Waals surface area contributed by atoms with Crippen molar-refractivity contribution in [2.24, 2.45) is 0 Å². The summed E-state index contributed by atoms with van der Waals surface area (Å²) in [6, 6.07) is 55.5. The second-order valence-corrected chi connectivity index (χ2v) is 16.1. The number of aromatic nitrogens is 4. The third-order valence-corrected chi connectivity index (χ3v) is 13.2. The third kappa shape index (κ3) is 5.08. The van der Waals surface area contributed by atoms with Gasteiger partial charge in [-0.25, -0.2) is 19.9 Å². The number of para-hydroxylation sites is 1. The molecule has 4 heterocycles. The summed E-state index contributed by atoms with van der Waals surface area (Å²) >= 11 is 5.33. The molecule has 0 saturated carbocycles. The Morgan fingerprint density at radius 1 is 0.340 bits per heavy atom. The number of nitrogens with zero attached hydrogens (tertiary/aromatic N) is 4. The lowest BCUT2D eigenvalue weighted by atomic mass is 9.96. The van der Waals surface area contributed by atoms with Crippen LogP contribution in [0.25, 0.3) is 106 Å². The summed E-state index contributed by atoms with van der Waals surface area (Å²) in [5, 5.41) is 5.86. The first-order valence-corrected chi connectivity index (χ1v) is 19.8. The molecule has 53 heavy (non-hydrogen) atoms. The summed E-state index contributed by atoms with van der Waals surface area (Å²) in [7, 11) is 0. The van der Waals surface area contributed by atoms with Crippen LogP contribution in [-0.2, 0) is 0 Å². The van der Waals surface area contributed by atoms with Crippen LogP contribution in [0.3, 0.4) is 0 Å². The van der Waals surface area contributed by atoms with Crippen LogP contribution in [0.4, 0.5) is 0 Å². The van der Waals surface area contributed by atoms with Gasteiger partial charge in [-0.2, -0.15) is 0 Å². The van der Waals surface area contributed by atoms with E-state index < -0.39 is 0 Å². The zero-order chi connectivity index (χ0) is 34.9. The van der Waals surface area contributed by atoms with Crippen molar-refractivity contribution in [2.75, 3.05) is 0 Å². The first-order valence-electron chi connectivity index (χ1n) is 17.4. The molecular formula is C46H26N4S3. The number of benzene rings is 7. The highest BCUT2D eigenvalue weighted by Gasteiger charge is 2.21. The van der Waals surface area contributed by atoms with E-state index in [0.29, 0.717) is 17.5 Å². The van der Waals surface area contributed by atoms with Crippen molar-refractivity contribution in [2.45, 2.75) is 0 Å². The summed E-state index contributed by atoms with van der Waals surface area (Å²) in [6.45, 7) is 0. The van der Waals surface area contributed by atoms with Crippen molar-refractivity contribution in [1.29, 1.82) is 0 Å². The normalized spacial score (nSPS) is 11.8. The summed E-state index contributed by atoms with van der Waals surface area (Å²) in [6.07, 6.45) is 0. The average Bonchev–Trinajstić information content (AvgIpc) is 3.94. The van der Waals surface area contributed by atoms with E-state index in [1.54, 1.807) is 22.7 Å². The van der Waals surface area contributed by atoms with Crippen molar-refractivity contribution in [3.8, 4) is 55.9 Å². The molecule has 0 aliphatic rings. The Balaban J connectivity index is 1.14. The van der Waals surface area contributed by atoms with Gasteiger partial charge in [-0.05, 0) is 53.6 Å². The lowest BCUT2D eigenvalue weighted by Gasteiger charge is -2.11. The molecular weight excluding hydrogens is 705 g/mol.